The molecule has 10 heteroatoms. The van der Waals surface area contributed by atoms with Gasteiger partial charge in [0, 0.05) is 32.4 Å². The van der Waals surface area contributed by atoms with Crippen LogP contribution in [0.5, 0.6) is 0 Å². The van der Waals surface area contributed by atoms with E-state index in [0.717, 1.165) is 11.1 Å². The third-order valence-electron chi connectivity index (χ3n) is 5.99. The molecule has 33 heavy (non-hydrogen) atoms. The first kappa shape index (κ1) is 23.4. The molecule has 0 saturated carbocycles. The summed E-state index contributed by atoms with van der Waals surface area (Å²) in [5.41, 5.74) is 2.71. The van der Waals surface area contributed by atoms with Gasteiger partial charge in [-0.05, 0) is 41.8 Å². The number of ether oxygens (including phenoxy) is 1. The molecule has 2 aromatic carbocycles. The molecule has 2 aliphatic heterocycles. The highest BCUT2D eigenvalue weighted by molar-refractivity contribution is 7.89. The molecule has 0 radical (unpaired) electrons. The van der Waals surface area contributed by atoms with Gasteiger partial charge in [-0.3, -0.25) is 14.5 Å². The van der Waals surface area contributed by atoms with Crippen LogP contribution in [0.1, 0.15) is 11.1 Å². The van der Waals surface area contributed by atoms with Gasteiger partial charge in [-0.25, -0.2) is 8.42 Å². The van der Waals surface area contributed by atoms with Gasteiger partial charge in [-0.2, -0.15) is 4.31 Å². The number of likely N-dealkylation sites (N-methyl/N-ethyl adjacent to an activating group) is 1. The van der Waals surface area contributed by atoms with E-state index in [1.807, 2.05) is 29.2 Å². The standard InChI is InChI=1S/C23H28N4O5S/c1-24-23(29)21-14-17-4-2-3-5-18(17)15-26(21)16-22(28)25-19-6-8-20(9-7-19)33(30,31)27-10-12-32-13-11-27/h2-9,21H,10-16H2,1H3,(H,24,29)(H,25,28). The van der Waals surface area contributed by atoms with Crippen molar-refractivity contribution in [3.8, 4) is 0 Å². The fourth-order valence-electron chi connectivity index (χ4n) is 4.20. The summed E-state index contributed by atoms with van der Waals surface area (Å²) < 4.78 is 32.1. The molecule has 1 fully saturated rings. The van der Waals surface area contributed by atoms with Crippen LogP contribution in [-0.4, -0.2) is 75.4 Å². The second-order valence-electron chi connectivity index (χ2n) is 8.10. The van der Waals surface area contributed by atoms with Gasteiger partial charge in [-0.1, -0.05) is 24.3 Å². The number of hydrogen-bond acceptors (Lipinski definition) is 6. The van der Waals surface area contributed by atoms with Gasteiger partial charge in [0.1, 0.15) is 0 Å². The predicted molar refractivity (Wildman–Crippen MR) is 123 cm³/mol. The van der Waals surface area contributed by atoms with Crippen LogP contribution in [0.25, 0.3) is 0 Å². The summed E-state index contributed by atoms with van der Waals surface area (Å²) in [7, 11) is -2.00. The maximum Gasteiger partial charge on any atom is 0.243 e. The summed E-state index contributed by atoms with van der Waals surface area (Å²) in [6.45, 7) is 1.95. The van der Waals surface area contributed by atoms with E-state index in [9.17, 15) is 18.0 Å². The first-order valence-corrected chi connectivity index (χ1v) is 12.3. The number of rotatable bonds is 6. The quantitative estimate of drug-likeness (QED) is 0.645. The monoisotopic (exact) mass is 472 g/mol. The molecule has 9 nitrogen and oxygen atoms in total. The van der Waals surface area contributed by atoms with Crippen molar-refractivity contribution in [2.75, 3.05) is 45.2 Å². The maximum absolute atomic E-state index is 12.8. The van der Waals surface area contributed by atoms with E-state index in [-0.39, 0.29) is 23.3 Å². The third kappa shape index (κ3) is 5.25. The number of fused-ring (bicyclic) bond motifs is 1. The van der Waals surface area contributed by atoms with E-state index >= 15 is 0 Å². The Kier molecular flexibility index (Phi) is 7.08. The lowest BCUT2D eigenvalue weighted by Crippen LogP contribution is -2.51. The topological polar surface area (TPSA) is 108 Å². The van der Waals surface area contributed by atoms with Crippen molar-refractivity contribution in [3.05, 3.63) is 59.7 Å². The molecule has 0 aromatic heterocycles. The summed E-state index contributed by atoms with van der Waals surface area (Å²) in [6, 6.07) is 13.6. The number of hydrogen-bond donors (Lipinski definition) is 2. The molecule has 176 valence electrons. The van der Waals surface area contributed by atoms with Crippen LogP contribution in [0.4, 0.5) is 5.69 Å². The molecule has 0 aliphatic carbocycles. The number of nitrogens with one attached hydrogen (secondary N) is 2. The van der Waals surface area contributed by atoms with Gasteiger partial charge in [-0.15, -0.1) is 0 Å². The normalized spacial score (nSPS) is 19.5. The Labute approximate surface area is 193 Å². The van der Waals surface area contributed by atoms with Gasteiger partial charge in [0.2, 0.25) is 21.8 Å². The number of sulfonamides is 1. The molecular formula is C23H28N4O5S. The summed E-state index contributed by atoms with van der Waals surface area (Å²) >= 11 is 0. The Balaban J connectivity index is 1.42. The van der Waals surface area contributed by atoms with Gasteiger partial charge in [0.05, 0.1) is 30.7 Å². The SMILES string of the molecule is CNC(=O)C1Cc2ccccc2CN1CC(=O)Nc1ccc(S(=O)(=O)N2CCOCC2)cc1. The van der Waals surface area contributed by atoms with Crippen molar-refractivity contribution in [2.45, 2.75) is 23.9 Å². The summed E-state index contributed by atoms with van der Waals surface area (Å²) in [5, 5.41) is 5.49. The number of benzene rings is 2. The number of anilines is 1. The highest BCUT2D eigenvalue weighted by Crippen LogP contribution is 2.24. The third-order valence-corrected chi connectivity index (χ3v) is 7.90. The first-order valence-electron chi connectivity index (χ1n) is 10.9. The molecule has 1 saturated heterocycles. The predicted octanol–water partition coefficient (Wildman–Crippen LogP) is 0.819. The minimum Gasteiger partial charge on any atom is -0.379 e. The zero-order valence-corrected chi connectivity index (χ0v) is 19.3. The average Bonchev–Trinajstić information content (AvgIpc) is 2.84. The smallest absolute Gasteiger partial charge is 0.243 e. The van der Waals surface area contributed by atoms with Crippen LogP contribution in [0.3, 0.4) is 0 Å². The summed E-state index contributed by atoms with van der Waals surface area (Å²) in [4.78, 5) is 27.2. The molecule has 0 spiro atoms. The summed E-state index contributed by atoms with van der Waals surface area (Å²) in [5.74, 6) is -0.401. The Morgan fingerprint density at radius 2 is 1.70 bits per heavy atom. The number of carbonyl (C=O) groups excluding carboxylic acids is 2. The van der Waals surface area contributed by atoms with E-state index in [2.05, 4.69) is 10.6 Å². The molecule has 2 N–H and O–H groups in total. The van der Waals surface area contributed by atoms with Crippen molar-refractivity contribution in [2.24, 2.45) is 0 Å². The fraction of sp³-hybridized carbons (Fsp3) is 0.391. The van der Waals surface area contributed by atoms with Crippen LogP contribution in [0.15, 0.2) is 53.4 Å². The first-order chi connectivity index (χ1) is 15.9. The number of carbonyl (C=O) groups is 2. The molecule has 2 heterocycles. The lowest BCUT2D eigenvalue weighted by Gasteiger charge is -2.35. The van der Waals surface area contributed by atoms with Crippen molar-refractivity contribution in [1.82, 2.24) is 14.5 Å². The van der Waals surface area contributed by atoms with E-state index in [1.54, 1.807) is 19.2 Å². The second kappa shape index (κ2) is 10.0. The molecule has 2 amide bonds. The summed E-state index contributed by atoms with van der Waals surface area (Å²) in [6.07, 6.45) is 0.539. The average molecular weight is 473 g/mol. The lowest BCUT2D eigenvalue weighted by atomic mass is 9.93. The van der Waals surface area contributed by atoms with Crippen LogP contribution in [-0.2, 0) is 37.3 Å². The molecule has 1 unspecified atom stereocenters. The van der Waals surface area contributed by atoms with Gasteiger partial charge >= 0.3 is 0 Å². The Morgan fingerprint density at radius 1 is 1.03 bits per heavy atom. The van der Waals surface area contributed by atoms with Crippen molar-refractivity contribution < 1.29 is 22.7 Å². The van der Waals surface area contributed by atoms with Crippen molar-refractivity contribution >= 4 is 27.5 Å². The van der Waals surface area contributed by atoms with Gasteiger partial charge < -0.3 is 15.4 Å². The van der Waals surface area contributed by atoms with E-state index in [0.29, 0.717) is 45.0 Å². The Morgan fingerprint density at radius 3 is 2.36 bits per heavy atom. The van der Waals surface area contributed by atoms with Crippen LogP contribution in [0.2, 0.25) is 0 Å². The fourth-order valence-corrected chi connectivity index (χ4v) is 5.61. The maximum atomic E-state index is 12.8. The van der Waals surface area contributed by atoms with E-state index in [1.165, 1.54) is 16.4 Å². The number of morpholine rings is 1. The molecule has 4 rings (SSSR count). The Bertz CT molecular complexity index is 1110. The minimum atomic E-state index is -3.59. The van der Waals surface area contributed by atoms with Crippen molar-refractivity contribution in [3.63, 3.8) is 0 Å². The van der Waals surface area contributed by atoms with Gasteiger partial charge in [0.25, 0.3) is 0 Å². The molecule has 1 atom stereocenters. The van der Waals surface area contributed by atoms with Crippen molar-refractivity contribution in [1.29, 1.82) is 0 Å². The lowest BCUT2D eigenvalue weighted by molar-refractivity contribution is -0.128. The molecule has 2 aromatic rings. The zero-order valence-electron chi connectivity index (χ0n) is 18.5. The van der Waals surface area contributed by atoms with E-state index in [4.69, 9.17) is 4.74 Å². The second-order valence-corrected chi connectivity index (χ2v) is 10.0. The number of amides is 2. The molecule has 2 aliphatic rings. The zero-order chi connectivity index (χ0) is 23.4. The molecule has 0 bridgehead atoms. The highest BCUT2D eigenvalue weighted by atomic mass is 32.2. The van der Waals surface area contributed by atoms with Gasteiger partial charge in [0.15, 0.2) is 0 Å². The van der Waals surface area contributed by atoms with Crippen LogP contribution in [0, 0.1) is 0 Å². The van der Waals surface area contributed by atoms with Crippen LogP contribution < -0.4 is 10.6 Å². The molecular weight excluding hydrogens is 444 g/mol. The largest absolute Gasteiger partial charge is 0.379 e. The number of nitrogens with zero attached hydrogens (tertiary/aromatic N) is 2. The highest BCUT2D eigenvalue weighted by Gasteiger charge is 2.32. The van der Waals surface area contributed by atoms with E-state index < -0.39 is 16.1 Å². The minimum absolute atomic E-state index is 0.0419. The Hall–Kier alpha value is -2.79. The van der Waals surface area contributed by atoms with Crippen LogP contribution >= 0.6 is 0 Å².